The van der Waals surface area contributed by atoms with Gasteiger partial charge in [-0.05, 0) is 24.3 Å². The molecular weight excluding hydrogens is 380 g/mol. The molecule has 0 spiro atoms. The Morgan fingerprint density at radius 1 is 0.828 bits per heavy atom. The van der Waals surface area contributed by atoms with Crippen LogP contribution in [0.4, 0.5) is 0 Å². The number of nitrogens with zero attached hydrogens (tertiary/aromatic N) is 4. The van der Waals surface area contributed by atoms with Crippen LogP contribution in [0.3, 0.4) is 0 Å². The van der Waals surface area contributed by atoms with Crippen molar-refractivity contribution in [3.8, 4) is 11.5 Å². The topological polar surface area (TPSA) is 156 Å². The SMILES string of the molecule is O=NN(CC(=O)N/N=C/c1ccccc1O)CC(=O)N/N=C/c1ccccc1O. The van der Waals surface area contributed by atoms with Crippen LogP contribution in [-0.4, -0.2) is 52.6 Å². The second-order valence-electron chi connectivity index (χ2n) is 5.61. The molecule has 29 heavy (non-hydrogen) atoms. The number of amides is 2. The zero-order valence-corrected chi connectivity index (χ0v) is 15.1. The normalized spacial score (nSPS) is 10.8. The van der Waals surface area contributed by atoms with Crippen LogP contribution in [0.5, 0.6) is 11.5 Å². The van der Waals surface area contributed by atoms with Gasteiger partial charge in [-0.3, -0.25) is 9.59 Å². The Bertz CT molecular complexity index is 859. The highest BCUT2D eigenvalue weighted by molar-refractivity contribution is 5.86. The summed E-state index contributed by atoms with van der Waals surface area (Å²) in [7, 11) is 0. The molecule has 0 aliphatic rings. The maximum absolute atomic E-state index is 11.8. The van der Waals surface area contributed by atoms with Crippen LogP contribution < -0.4 is 10.9 Å². The van der Waals surface area contributed by atoms with E-state index in [0.29, 0.717) is 16.1 Å². The van der Waals surface area contributed by atoms with E-state index in [1.165, 1.54) is 24.6 Å². The van der Waals surface area contributed by atoms with Crippen molar-refractivity contribution in [3.05, 3.63) is 64.6 Å². The molecule has 0 bridgehead atoms. The highest BCUT2D eigenvalue weighted by Gasteiger charge is 2.13. The lowest BCUT2D eigenvalue weighted by molar-refractivity contribution is -0.125. The van der Waals surface area contributed by atoms with Gasteiger partial charge in [0.2, 0.25) is 0 Å². The van der Waals surface area contributed by atoms with E-state index >= 15 is 0 Å². The summed E-state index contributed by atoms with van der Waals surface area (Å²) in [4.78, 5) is 34.4. The van der Waals surface area contributed by atoms with E-state index < -0.39 is 24.9 Å². The maximum Gasteiger partial charge on any atom is 0.261 e. The quantitative estimate of drug-likeness (QED) is 0.276. The third kappa shape index (κ3) is 7.09. The third-order valence-electron chi connectivity index (χ3n) is 3.43. The van der Waals surface area contributed by atoms with Gasteiger partial charge in [-0.1, -0.05) is 24.3 Å². The molecule has 0 aromatic heterocycles. The smallest absolute Gasteiger partial charge is 0.261 e. The summed E-state index contributed by atoms with van der Waals surface area (Å²) in [6, 6.07) is 12.7. The average molecular weight is 398 g/mol. The highest BCUT2D eigenvalue weighted by atomic mass is 16.3. The minimum atomic E-state index is -0.693. The van der Waals surface area contributed by atoms with Gasteiger partial charge < -0.3 is 10.2 Å². The average Bonchev–Trinajstić information content (AvgIpc) is 2.70. The summed E-state index contributed by atoms with van der Waals surface area (Å²) in [5, 5.41) is 29.8. The number of rotatable bonds is 9. The van der Waals surface area contributed by atoms with Gasteiger partial charge in [0.25, 0.3) is 11.8 Å². The summed E-state index contributed by atoms with van der Waals surface area (Å²) in [6.07, 6.45) is 2.46. The van der Waals surface area contributed by atoms with Gasteiger partial charge in [0.05, 0.1) is 17.7 Å². The number of hydrogen-bond acceptors (Lipinski definition) is 8. The fraction of sp³-hybridized carbons (Fsp3) is 0.111. The Morgan fingerprint density at radius 2 is 1.24 bits per heavy atom. The summed E-state index contributed by atoms with van der Waals surface area (Å²) >= 11 is 0. The lowest BCUT2D eigenvalue weighted by Crippen LogP contribution is -2.38. The van der Waals surface area contributed by atoms with Crippen LogP contribution in [-0.2, 0) is 9.59 Å². The second-order valence-corrected chi connectivity index (χ2v) is 5.61. The van der Waals surface area contributed by atoms with Crippen LogP contribution >= 0.6 is 0 Å². The van der Waals surface area contributed by atoms with Gasteiger partial charge in [0.1, 0.15) is 24.6 Å². The van der Waals surface area contributed by atoms with Gasteiger partial charge in [0, 0.05) is 11.1 Å². The fourth-order valence-electron chi connectivity index (χ4n) is 2.06. The molecule has 4 N–H and O–H groups in total. The standard InChI is InChI=1S/C18H18N6O5/c25-15-7-3-1-5-13(15)9-19-21-17(27)11-24(23-29)12-18(28)22-20-10-14-6-2-4-8-16(14)26/h1-10,25-26H,11-12H2,(H,21,27)(H,22,28)/b19-9+,20-10+. The minimum Gasteiger partial charge on any atom is -0.507 e. The lowest BCUT2D eigenvalue weighted by Gasteiger charge is -2.12. The Hall–Kier alpha value is -4.28. The Morgan fingerprint density at radius 3 is 1.62 bits per heavy atom. The van der Waals surface area contributed by atoms with E-state index in [0.717, 1.165) is 0 Å². The number of hydrogen-bond donors (Lipinski definition) is 4. The first-order chi connectivity index (χ1) is 14.0. The number of phenols is 2. The van der Waals surface area contributed by atoms with Crippen molar-refractivity contribution in [3.63, 3.8) is 0 Å². The van der Waals surface area contributed by atoms with Gasteiger partial charge in [-0.15, -0.1) is 4.91 Å². The van der Waals surface area contributed by atoms with Crippen LogP contribution in [0.1, 0.15) is 11.1 Å². The zero-order valence-electron chi connectivity index (χ0n) is 15.1. The van der Waals surface area contributed by atoms with Crippen molar-refractivity contribution in [2.45, 2.75) is 0 Å². The number of benzene rings is 2. The molecule has 0 heterocycles. The molecular formula is C18H18N6O5. The molecule has 2 aromatic rings. The first-order valence-electron chi connectivity index (χ1n) is 8.27. The Kier molecular flexibility index (Phi) is 7.81. The number of nitrogens with one attached hydrogen (secondary N) is 2. The van der Waals surface area contributed by atoms with Gasteiger partial charge in [-0.2, -0.15) is 10.2 Å². The summed E-state index contributed by atoms with van der Waals surface area (Å²) in [5.74, 6) is -1.41. The first kappa shape index (κ1) is 21.0. The monoisotopic (exact) mass is 398 g/mol. The van der Waals surface area contributed by atoms with Crippen molar-refractivity contribution in [2.75, 3.05) is 13.1 Å². The molecule has 0 atom stereocenters. The molecule has 0 aliphatic carbocycles. The number of nitroso groups, excluding NO2 is 1. The van der Waals surface area contributed by atoms with E-state index in [9.17, 15) is 24.7 Å². The predicted molar refractivity (Wildman–Crippen MR) is 105 cm³/mol. The van der Waals surface area contributed by atoms with E-state index in [2.05, 4.69) is 26.3 Å². The summed E-state index contributed by atoms with van der Waals surface area (Å²) in [5.41, 5.74) is 5.09. The molecule has 0 fully saturated rings. The fourth-order valence-corrected chi connectivity index (χ4v) is 2.06. The maximum atomic E-state index is 11.8. The van der Waals surface area contributed by atoms with Crippen molar-refractivity contribution in [2.24, 2.45) is 15.5 Å². The zero-order chi connectivity index (χ0) is 21.1. The summed E-state index contributed by atoms with van der Waals surface area (Å²) in [6.45, 7) is -1.03. The van der Waals surface area contributed by atoms with E-state index in [1.807, 2.05) is 0 Å². The molecule has 11 heteroatoms. The molecule has 2 aromatic carbocycles. The number of phenolic OH excluding ortho intramolecular Hbond substituents is 2. The van der Waals surface area contributed by atoms with E-state index in [1.54, 1.807) is 36.4 Å². The van der Waals surface area contributed by atoms with Crippen molar-refractivity contribution in [1.29, 1.82) is 0 Å². The first-order valence-corrected chi connectivity index (χ1v) is 8.27. The molecule has 150 valence electrons. The van der Waals surface area contributed by atoms with Gasteiger partial charge >= 0.3 is 0 Å². The van der Waals surface area contributed by atoms with Crippen molar-refractivity contribution >= 4 is 24.2 Å². The van der Waals surface area contributed by atoms with Crippen LogP contribution in [0, 0.1) is 4.91 Å². The Labute approximate surface area is 165 Å². The molecule has 0 saturated heterocycles. The van der Waals surface area contributed by atoms with Gasteiger partial charge in [0.15, 0.2) is 0 Å². The highest BCUT2D eigenvalue weighted by Crippen LogP contribution is 2.13. The van der Waals surface area contributed by atoms with E-state index in [4.69, 9.17) is 0 Å². The number of para-hydroxylation sites is 2. The van der Waals surface area contributed by atoms with Crippen molar-refractivity contribution < 1.29 is 19.8 Å². The predicted octanol–water partition coefficient (Wildman–Crippen LogP) is 0.682. The molecule has 0 aliphatic heterocycles. The molecule has 0 radical (unpaired) electrons. The third-order valence-corrected chi connectivity index (χ3v) is 3.43. The van der Waals surface area contributed by atoms with E-state index in [-0.39, 0.29) is 11.5 Å². The second kappa shape index (κ2) is 10.8. The molecule has 0 saturated carbocycles. The van der Waals surface area contributed by atoms with Gasteiger partial charge in [-0.25, -0.2) is 15.9 Å². The van der Waals surface area contributed by atoms with Crippen LogP contribution in [0.2, 0.25) is 0 Å². The number of carbonyl (C=O) groups is 2. The molecule has 2 rings (SSSR count). The number of aromatic hydroxyl groups is 2. The van der Waals surface area contributed by atoms with Crippen LogP contribution in [0.25, 0.3) is 0 Å². The lowest BCUT2D eigenvalue weighted by atomic mass is 10.2. The minimum absolute atomic E-state index is 0.0114. The Balaban J connectivity index is 1.79. The van der Waals surface area contributed by atoms with Crippen LogP contribution in [0.15, 0.2) is 64.0 Å². The molecule has 0 unspecified atom stereocenters. The summed E-state index contributed by atoms with van der Waals surface area (Å²) < 4.78 is 0. The largest absolute Gasteiger partial charge is 0.507 e. The number of hydrazone groups is 2. The molecule has 11 nitrogen and oxygen atoms in total. The molecule has 2 amide bonds. The van der Waals surface area contributed by atoms with Crippen molar-refractivity contribution in [1.82, 2.24) is 15.9 Å². The number of carbonyl (C=O) groups excluding carboxylic acids is 2.